The van der Waals surface area contributed by atoms with Crippen molar-refractivity contribution in [3.05, 3.63) is 29.8 Å². The molecule has 3 heteroatoms. The summed E-state index contributed by atoms with van der Waals surface area (Å²) in [5, 5.41) is 3.40. The van der Waals surface area contributed by atoms with Crippen LogP contribution in [-0.4, -0.2) is 37.7 Å². The van der Waals surface area contributed by atoms with Crippen molar-refractivity contribution in [3.63, 3.8) is 0 Å². The highest BCUT2D eigenvalue weighted by atomic mass is 16.5. The van der Waals surface area contributed by atoms with Crippen LogP contribution in [0.4, 0.5) is 0 Å². The van der Waals surface area contributed by atoms with E-state index in [1.165, 1.54) is 12.0 Å². The number of hydrogen-bond acceptors (Lipinski definition) is 3. The molecule has 1 unspecified atom stereocenters. The molecule has 1 aromatic rings. The third kappa shape index (κ3) is 3.45. The lowest BCUT2D eigenvalue weighted by Crippen LogP contribution is -2.32. The van der Waals surface area contributed by atoms with Crippen LogP contribution in [0.1, 0.15) is 18.9 Å². The number of ether oxygens (including phenoxy) is 1. The van der Waals surface area contributed by atoms with Gasteiger partial charge in [0.05, 0.1) is 6.61 Å². The van der Waals surface area contributed by atoms with E-state index in [1.54, 1.807) is 0 Å². The van der Waals surface area contributed by atoms with Crippen molar-refractivity contribution in [1.29, 1.82) is 0 Å². The zero-order valence-corrected chi connectivity index (χ0v) is 10.8. The summed E-state index contributed by atoms with van der Waals surface area (Å²) >= 11 is 0. The van der Waals surface area contributed by atoms with Crippen LogP contribution in [0, 0.1) is 0 Å². The summed E-state index contributed by atoms with van der Waals surface area (Å²) in [5.74, 6) is 0.960. The molecule has 0 aromatic heterocycles. The van der Waals surface area contributed by atoms with Crippen LogP contribution in [0.15, 0.2) is 24.3 Å². The number of nitrogens with zero attached hydrogens (tertiary/aromatic N) is 1. The van der Waals surface area contributed by atoms with Crippen molar-refractivity contribution >= 4 is 0 Å². The summed E-state index contributed by atoms with van der Waals surface area (Å²) in [5.41, 5.74) is 1.35. The van der Waals surface area contributed by atoms with Crippen molar-refractivity contribution < 1.29 is 4.74 Å². The van der Waals surface area contributed by atoms with Crippen LogP contribution in [0.3, 0.4) is 0 Å². The van der Waals surface area contributed by atoms with E-state index in [1.807, 2.05) is 6.92 Å². The minimum Gasteiger partial charge on any atom is -0.494 e. The molecule has 2 rings (SSSR count). The molecule has 1 fully saturated rings. The molecule has 1 aromatic carbocycles. The van der Waals surface area contributed by atoms with Crippen molar-refractivity contribution in [3.8, 4) is 5.75 Å². The fourth-order valence-corrected chi connectivity index (χ4v) is 2.29. The largest absolute Gasteiger partial charge is 0.494 e. The fraction of sp³-hybridized carbons (Fsp3) is 0.571. The second-order valence-corrected chi connectivity index (χ2v) is 4.64. The zero-order chi connectivity index (χ0) is 12.1. The summed E-state index contributed by atoms with van der Waals surface area (Å²) in [4.78, 5) is 2.43. The molecular formula is C14H22N2O. The lowest BCUT2D eigenvalue weighted by Gasteiger charge is -2.23. The van der Waals surface area contributed by atoms with Crippen LogP contribution in [0.5, 0.6) is 5.75 Å². The molecule has 1 N–H and O–H groups in total. The van der Waals surface area contributed by atoms with Crippen LogP contribution in [0.25, 0.3) is 0 Å². The molecule has 0 bridgehead atoms. The maximum atomic E-state index is 5.44. The van der Waals surface area contributed by atoms with Gasteiger partial charge in [0.1, 0.15) is 5.75 Å². The molecule has 17 heavy (non-hydrogen) atoms. The first kappa shape index (κ1) is 12.4. The van der Waals surface area contributed by atoms with Crippen molar-refractivity contribution in [2.24, 2.45) is 0 Å². The first-order valence-corrected chi connectivity index (χ1v) is 6.42. The molecule has 1 saturated heterocycles. The lowest BCUT2D eigenvalue weighted by atomic mass is 10.1. The average molecular weight is 234 g/mol. The second kappa shape index (κ2) is 6.03. The van der Waals surface area contributed by atoms with Crippen molar-refractivity contribution in [1.82, 2.24) is 10.2 Å². The van der Waals surface area contributed by atoms with E-state index in [9.17, 15) is 0 Å². The van der Waals surface area contributed by atoms with E-state index in [4.69, 9.17) is 4.74 Å². The Morgan fingerprint density at radius 3 is 2.71 bits per heavy atom. The Morgan fingerprint density at radius 1 is 1.35 bits per heavy atom. The quantitative estimate of drug-likeness (QED) is 0.842. The Balaban J connectivity index is 1.89. The van der Waals surface area contributed by atoms with E-state index in [2.05, 4.69) is 41.5 Å². The fourth-order valence-electron chi connectivity index (χ4n) is 2.29. The van der Waals surface area contributed by atoms with Crippen LogP contribution >= 0.6 is 0 Å². The summed E-state index contributed by atoms with van der Waals surface area (Å²) in [6, 6.07) is 9.11. The third-order valence-electron chi connectivity index (χ3n) is 3.32. The maximum absolute atomic E-state index is 5.44. The van der Waals surface area contributed by atoms with Crippen LogP contribution in [-0.2, 0) is 6.54 Å². The lowest BCUT2D eigenvalue weighted by molar-refractivity contribution is 0.249. The van der Waals surface area contributed by atoms with Crippen molar-refractivity contribution in [2.45, 2.75) is 25.9 Å². The molecule has 1 atom stereocenters. The monoisotopic (exact) mass is 234 g/mol. The van der Waals surface area contributed by atoms with Gasteiger partial charge < -0.3 is 10.1 Å². The normalized spacial score (nSPS) is 19.8. The molecular weight excluding hydrogens is 212 g/mol. The molecule has 0 amide bonds. The van der Waals surface area contributed by atoms with Gasteiger partial charge in [-0.3, -0.25) is 4.90 Å². The molecule has 0 spiro atoms. The number of rotatable bonds is 5. The predicted octanol–water partition coefficient (Wildman–Crippen LogP) is 1.88. The minimum atomic E-state index is 0.682. The van der Waals surface area contributed by atoms with Gasteiger partial charge in [0.25, 0.3) is 0 Å². The van der Waals surface area contributed by atoms with E-state index in [-0.39, 0.29) is 0 Å². The third-order valence-corrected chi connectivity index (χ3v) is 3.32. The summed E-state index contributed by atoms with van der Waals surface area (Å²) in [6.07, 6.45) is 1.26. The topological polar surface area (TPSA) is 24.5 Å². The molecule has 94 valence electrons. The molecule has 0 radical (unpaired) electrons. The summed E-state index contributed by atoms with van der Waals surface area (Å²) in [6.45, 7) is 6.02. The SMILES string of the molecule is CCOc1ccc(CN(C)C2CCNC2)cc1. The van der Waals surface area contributed by atoms with Gasteiger partial charge in [0.15, 0.2) is 0 Å². The Labute approximate surface area is 104 Å². The molecule has 1 heterocycles. The molecule has 3 nitrogen and oxygen atoms in total. The van der Waals surface area contributed by atoms with Crippen LogP contribution < -0.4 is 10.1 Å². The summed E-state index contributed by atoms with van der Waals surface area (Å²) in [7, 11) is 2.20. The van der Waals surface area contributed by atoms with Gasteiger partial charge >= 0.3 is 0 Å². The van der Waals surface area contributed by atoms with Crippen LogP contribution in [0.2, 0.25) is 0 Å². The van der Waals surface area contributed by atoms with Gasteiger partial charge in [-0.15, -0.1) is 0 Å². The van der Waals surface area contributed by atoms with E-state index in [0.29, 0.717) is 6.04 Å². The molecule has 1 aliphatic heterocycles. The number of hydrogen-bond donors (Lipinski definition) is 1. The highest BCUT2D eigenvalue weighted by Crippen LogP contribution is 2.15. The van der Waals surface area contributed by atoms with Gasteiger partial charge in [-0.2, -0.15) is 0 Å². The van der Waals surface area contributed by atoms with Crippen molar-refractivity contribution in [2.75, 3.05) is 26.7 Å². The van der Waals surface area contributed by atoms with E-state index >= 15 is 0 Å². The molecule has 1 aliphatic rings. The minimum absolute atomic E-state index is 0.682. The van der Waals surface area contributed by atoms with Gasteiger partial charge in [0.2, 0.25) is 0 Å². The molecule has 0 aliphatic carbocycles. The smallest absolute Gasteiger partial charge is 0.119 e. The first-order valence-electron chi connectivity index (χ1n) is 6.42. The second-order valence-electron chi connectivity index (χ2n) is 4.64. The average Bonchev–Trinajstić information content (AvgIpc) is 2.86. The predicted molar refractivity (Wildman–Crippen MR) is 70.4 cm³/mol. The summed E-state index contributed by atoms with van der Waals surface area (Å²) < 4.78 is 5.44. The highest BCUT2D eigenvalue weighted by Gasteiger charge is 2.18. The Kier molecular flexibility index (Phi) is 4.40. The Bertz CT molecular complexity index is 331. The van der Waals surface area contributed by atoms with E-state index < -0.39 is 0 Å². The highest BCUT2D eigenvalue weighted by molar-refractivity contribution is 5.27. The standard InChI is InChI=1S/C14H22N2O/c1-3-17-14-6-4-12(5-7-14)11-16(2)13-8-9-15-10-13/h4-7,13,15H,3,8-11H2,1-2H3. The van der Waals surface area contributed by atoms with Gasteiger partial charge in [-0.05, 0) is 44.6 Å². The Morgan fingerprint density at radius 2 is 2.12 bits per heavy atom. The number of benzene rings is 1. The maximum Gasteiger partial charge on any atom is 0.119 e. The zero-order valence-electron chi connectivity index (χ0n) is 10.8. The molecule has 0 saturated carbocycles. The van der Waals surface area contributed by atoms with Gasteiger partial charge in [-0.25, -0.2) is 0 Å². The first-order chi connectivity index (χ1) is 8.29. The van der Waals surface area contributed by atoms with Gasteiger partial charge in [0, 0.05) is 19.1 Å². The number of likely N-dealkylation sites (N-methyl/N-ethyl adjacent to an activating group) is 1. The van der Waals surface area contributed by atoms with Gasteiger partial charge in [-0.1, -0.05) is 12.1 Å². The number of nitrogens with one attached hydrogen (secondary N) is 1. The Hall–Kier alpha value is -1.06. The van der Waals surface area contributed by atoms with E-state index in [0.717, 1.165) is 32.0 Å².